The third-order valence-corrected chi connectivity index (χ3v) is 8.04. The second-order valence-corrected chi connectivity index (χ2v) is 10.5. The van der Waals surface area contributed by atoms with Gasteiger partial charge in [-0.25, -0.2) is 22.5 Å². The van der Waals surface area contributed by atoms with E-state index < -0.39 is 40.2 Å². The maximum Gasteiger partial charge on any atom is 0.339 e. The lowest BCUT2D eigenvalue weighted by molar-refractivity contribution is 0.0691. The van der Waals surface area contributed by atoms with Crippen LogP contribution in [0.4, 0.5) is 24.5 Å². The van der Waals surface area contributed by atoms with Gasteiger partial charge in [0.15, 0.2) is 11.6 Å². The number of benzene rings is 3. The van der Waals surface area contributed by atoms with Gasteiger partial charge in [-0.2, -0.15) is 0 Å². The van der Waals surface area contributed by atoms with Crippen LogP contribution in [0.15, 0.2) is 45.9 Å². The van der Waals surface area contributed by atoms with Crippen molar-refractivity contribution < 1.29 is 27.5 Å². The molecule has 2 saturated heterocycles. The number of carbonyl (C=O) groups is 1. The Morgan fingerprint density at radius 1 is 0.927 bits per heavy atom. The number of piperidine rings is 2. The molecule has 3 aliphatic heterocycles. The Kier molecular flexibility index (Phi) is 7.05. The Balaban J connectivity index is 1.73. The second-order valence-electron chi connectivity index (χ2n) is 10.5. The first-order chi connectivity index (χ1) is 19.9. The number of azide groups is 1. The molecule has 0 unspecified atom stereocenters. The summed E-state index contributed by atoms with van der Waals surface area (Å²) < 4.78 is 54.6. The zero-order valence-electron chi connectivity index (χ0n) is 22.2. The van der Waals surface area contributed by atoms with Crippen molar-refractivity contribution in [2.24, 2.45) is 5.11 Å². The molecule has 210 valence electrons. The monoisotopic (exact) mass is 562 g/mol. The van der Waals surface area contributed by atoms with Crippen LogP contribution in [0, 0.1) is 17.5 Å². The molecule has 0 atom stereocenters. The van der Waals surface area contributed by atoms with Gasteiger partial charge >= 0.3 is 5.97 Å². The smallest absolute Gasteiger partial charge is 0.339 e. The molecule has 0 spiro atoms. The number of hydrogen-bond acceptors (Lipinski definition) is 4. The Labute approximate surface area is 232 Å². The van der Waals surface area contributed by atoms with Crippen LogP contribution in [-0.2, 0) is 0 Å². The Hall–Kier alpha value is -4.50. The van der Waals surface area contributed by atoms with Gasteiger partial charge in [-0.3, -0.25) is 0 Å². The van der Waals surface area contributed by atoms with E-state index in [0.717, 1.165) is 75.7 Å². The van der Waals surface area contributed by atoms with Crippen molar-refractivity contribution in [1.82, 2.24) is 4.58 Å². The summed E-state index contributed by atoms with van der Waals surface area (Å²) in [6, 6.07) is 10.6. The van der Waals surface area contributed by atoms with Crippen LogP contribution in [0.3, 0.4) is 0 Å². The summed E-state index contributed by atoms with van der Waals surface area (Å²) in [4.78, 5) is 16.9. The van der Waals surface area contributed by atoms with Gasteiger partial charge in [-0.15, -0.1) is 0 Å². The molecular formula is C30H27F3N5O3+. The van der Waals surface area contributed by atoms with Gasteiger partial charge < -0.3 is 14.4 Å². The fraction of sp³-hybridized carbons (Fsp3) is 0.333. The maximum atomic E-state index is 16.0. The fourth-order valence-corrected chi connectivity index (χ4v) is 6.05. The van der Waals surface area contributed by atoms with Gasteiger partial charge in [0.05, 0.1) is 6.07 Å². The molecule has 3 heterocycles. The van der Waals surface area contributed by atoms with Crippen molar-refractivity contribution in [3.05, 3.63) is 75.2 Å². The molecule has 2 aromatic rings. The van der Waals surface area contributed by atoms with Gasteiger partial charge in [-0.1, -0.05) is 5.11 Å². The first-order valence-corrected chi connectivity index (χ1v) is 13.7. The molecule has 8 nitrogen and oxygen atoms in total. The lowest BCUT2D eigenvalue weighted by Gasteiger charge is -2.29. The topological polar surface area (TPSA) is 105 Å². The van der Waals surface area contributed by atoms with Gasteiger partial charge in [-0.05, 0) is 49.4 Å². The van der Waals surface area contributed by atoms with Crippen LogP contribution >= 0.6 is 0 Å². The third-order valence-electron chi connectivity index (χ3n) is 8.04. The molecule has 1 N–H and O–H groups in total. The van der Waals surface area contributed by atoms with Gasteiger partial charge in [0.2, 0.25) is 5.36 Å². The van der Waals surface area contributed by atoms with Crippen molar-refractivity contribution in [2.75, 3.05) is 31.1 Å². The molecule has 0 amide bonds. The molecular weight excluding hydrogens is 535 g/mol. The second kappa shape index (κ2) is 10.8. The first-order valence-electron chi connectivity index (χ1n) is 13.7. The van der Waals surface area contributed by atoms with Crippen LogP contribution < -0.4 is 14.8 Å². The molecule has 6 rings (SSSR count). The predicted molar refractivity (Wildman–Crippen MR) is 149 cm³/mol. The minimum absolute atomic E-state index is 0.0137. The number of anilines is 1. The molecule has 11 heteroatoms. The van der Waals surface area contributed by atoms with Crippen LogP contribution in [-0.4, -0.2) is 37.3 Å². The van der Waals surface area contributed by atoms with E-state index in [1.165, 1.54) is 0 Å². The Bertz CT molecular complexity index is 1780. The third kappa shape index (κ3) is 4.66. The molecule has 1 aliphatic carbocycles. The van der Waals surface area contributed by atoms with Crippen molar-refractivity contribution >= 4 is 28.3 Å². The highest BCUT2D eigenvalue weighted by Gasteiger charge is 2.33. The standard InChI is InChI=1S/C30H26F3N5O3/c31-26-25(30(39)40)24(27(32)29(28(26)33)35-36-34)23-19-9-7-17(37-11-3-1-4-12-37)15-21(19)41-22-16-18(8-10-20(22)23)38-13-5-2-6-14-38/h7-10,15-16H,1-6,11-14H2/p+1. The lowest BCUT2D eigenvalue weighted by atomic mass is 9.89. The lowest BCUT2D eigenvalue weighted by Crippen LogP contribution is -2.34. The number of nitrogens with zero attached hydrogens (tertiary/aromatic N) is 5. The SMILES string of the molecule is [N-]=[N+]=Nc1c(F)c(F)c(C(=O)O)c(-c2c3ccc(=[N+]4CCCCC4)cc-3oc3cc(N4CCCCC4)ccc23)c1F. The zero-order valence-corrected chi connectivity index (χ0v) is 22.2. The Morgan fingerprint density at radius 2 is 1.66 bits per heavy atom. The highest BCUT2D eigenvalue weighted by atomic mass is 19.2. The van der Waals surface area contributed by atoms with E-state index in [1.54, 1.807) is 12.1 Å². The maximum absolute atomic E-state index is 16.0. The number of hydrogen-bond donors (Lipinski definition) is 1. The van der Waals surface area contributed by atoms with Crippen LogP contribution in [0.2, 0.25) is 0 Å². The van der Waals surface area contributed by atoms with Crippen LogP contribution in [0.25, 0.3) is 43.9 Å². The van der Waals surface area contributed by atoms with Crippen LogP contribution in [0.5, 0.6) is 0 Å². The number of carboxylic acid groups (broad SMARTS) is 1. The minimum Gasteiger partial charge on any atom is -0.478 e. The summed E-state index contributed by atoms with van der Waals surface area (Å²) in [6.07, 6.45) is 6.46. The number of carboxylic acids is 1. The Morgan fingerprint density at radius 3 is 2.37 bits per heavy atom. The number of aromatic carboxylic acids is 1. The molecule has 4 aliphatic rings. The molecule has 41 heavy (non-hydrogen) atoms. The van der Waals surface area contributed by atoms with Gasteiger partial charge in [0.1, 0.15) is 41.5 Å². The van der Waals surface area contributed by atoms with E-state index in [-0.39, 0.29) is 5.56 Å². The van der Waals surface area contributed by atoms with E-state index in [9.17, 15) is 14.3 Å². The van der Waals surface area contributed by atoms with E-state index >= 15 is 8.78 Å². The average Bonchev–Trinajstić information content (AvgIpc) is 3.00. The summed E-state index contributed by atoms with van der Waals surface area (Å²) in [7, 11) is 0. The first kappa shape index (κ1) is 26.7. The molecule has 0 saturated carbocycles. The summed E-state index contributed by atoms with van der Waals surface area (Å²) in [6.45, 7) is 3.45. The normalized spacial score (nSPS) is 15.8. The largest absolute Gasteiger partial charge is 0.478 e. The number of fused-ring (bicyclic) bond motifs is 2. The van der Waals surface area contributed by atoms with Crippen molar-refractivity contribution in [1.29, 1.82) is 0 Å². The highest BCUT2D eigenvalue weighted by Crippen LogP contribution is 2.46. The van der Waals surface area contributed by atoms with Gasteiger partial charge in [0, 0.05) is 70.7 Å². The molecule has 0 aromatic heterocycles. The van der Waals surface area contributed by atoms with E-state index in [4.69, 9.17) is 9.95 Å². The number of halogens is 3. The summed E-state index contributed by atoms with van der Waals surface area (Å²) >= 11 is 0. The van der Waals surface area contributed by atoms with E-state index in [1.807, 2.05) is 24.3 Å². The summed E-state index contributed by atoms with van der Waals surface area (Å²) in [5, 5.41) is 14.2. The van der Waals surface area contributed by atoms with E-state index in [0.29, 0.717) is 22.3 Å². The molecule has 2 fully saturated rings. The molecule has 2 aromatic carbocycles. The minimum atomic E-state index is -1.87. The van der Waals surface area contributed by atoms with Crippen LogP contribution in [0.1, 0.15) is 48.9 Å². The summed E-state index contributed by atoms with van der Waals surface area (Å²) in [5.41, 5.74) is 7.32. The zero-order chi connectivity index (χ0) is 28.7. The van der Waals surface area contributed by atoms with Crippen molar-refractivity contribution in [3.63, 3.8) is 0 Å². The number of rotatable bonds is 4. The summed E-state index contributed by atoms with van der Waals surface area (Å²) in [5.74, 6) is -6.67. The molecule has 0 radical (unpaired) electrons. The molecule has 0 bridgehead atoms. The van der Waals surface area contributed by atoms with E-state index in [2.05, 4.69) is 19.5 Å². The quantitative estimate of drug-likeness (QED) is 0.0709. The predicted octanol–water partition coefficient (Wildman–Crippen LogP) is 7.21. The fourth-order valence-electron chi connectivity index (χ4n) is 6.05. The van der Waals surface area contributed by atoms with Crippen molar-refractivity contribution in [2.45, 2.75) is 38.5 Å². The van der Waals surface area contributed by atoms with Gasteiger partial charge in [0.25, 0.3) is 0 Å². The highest BCUT2D eigenvalue weighted by molar-refractivity contribution is 6.08. The van der Waals surface area contributed by atoms with Crippen molar-refractivity contribution in [3.8, 4) is 22.5 Å². The average molecular weight is 563 g/mol.